The first-order valence-corrected chi connectivity index (χ1v) is 5.30. The van der Waals surface area contributed by atoms with Crippen LogP contribution >= 0.6 is 0 Å². The van der Waals surface area contributed by atoms with Gasteiger partial charge in [-0.25, -0.2) is 4.98 Å². The maximum absolute atomic E-state index is 5.64. The third kappa shape index (κ3) is 1.26. The Morgan fingerprint density at radius 2 is 2.44 bits per heavy atom. The maximum atomic E-state index is 5.64. The van der Waals surface area contributed by atoms with Crippen LogP contribution in [0.1, 0.15) is 6.92 Å². The van der Waals surface area contributed by atoms with E-state index in [2.05, 4.69) is 4.98 Å². The molecule has 0 atom stereocenters. The van der Waals surface area contributed by atoms with Crippen LogP contribution in [0, 0.1) is 0 Å². The molecule has 4 nitrogen and oxygen atoms in total. The lowest BCUT2D eigenvalue weighted by atomic mass is 10.1. The molecular weight excluding hydrogens is 204 g/mol. The van der Waals surface area contributed by atoms with E-state index in [1.807, 2.05) is 35.9 Å². The van der Waals surface area contributed by atoms with Crippen molar-refractivity contribution >= 4 is 0 Å². The molecule has 0 saturated carbocycles. The summed E-state index contributed by atoms with van der Waals surface area (Å²) in [7, 11) is 0. The van der Waals surface area contributed by atoms with Crippen molar-refractivity contribution in [2.45, 2.75) is 13.7 Å². The third-order valence-corrected chi connectivity index (χ3v) is 2.59. The van der Waals surface area contributed by atoms with Gasteiger partial charge in [-0.05, 0) is 19.1 Å². The van der Waals surface area contributed by atoms with Gasteiger partial charge in [0.2, 0.25) is 0 Å². The van der Waals surface area contributed by atoms with Crippen molar-refractivity contribution < 1.29 is 9.47 Å². The third-order valence-electron chi connectivity index (χ3n) is 2.59. The predicted molar refractivity (Wildman–Crippen MR) is 59.5 cm³/mol. The minimum atomic E-state index is 0.512. The fourth-order valence-electron chi connectivity index (χ4n) is 1.91. The molecule has 1 aliphatic rings. The number of nitrogens with zero attached hydrogens (tertiary/aromatic N) is 2. The molecule has 82 valence electrons. The van der Waals surface area contributed by atoms with E-state index in [-0.39, 0.29) is 0 Å². The van der Waals surface area contributed by atoms with Crippen LogP contribution in [-0.2, 0) is 6.73 Å². The van der Waals surface area contributed by atoms with Gasteiger partial charge in [-0.15, -0.1) is 0 Å². The van der Waals surface area contributed by atoms with Gasteiger partial charge in [-0.2, -0.15) is 0 Å². The zero-order valence-corrected chi connectivity index (χ0v) is 9.01. The van der Waals surface area contributed by atoms with E-state index in [9.17, 15) is 0 Å². The summed E-state index contributed by atoms with van der Waals surface area (Å²) < 4.78 is 13.2. The smallest absolute Gasteiger partial charge is 0.166 e. The van der Waals surface area contributed by atoms with Crippen LogP contribution in [0.25, 0.3) is 11.4 Å². The Balaban J connectivity index is 2.20. The fourth-order valence-corrected chi connectivity index (χ4v) is 1.91. The minimum Gasteiger partial charge on any atom is -0.493 e. The van der Waals surface area contributed by atoms with Gasteiger partial charge in [0.25, 0.3) is 0 Å². The van der Waals surface area contributed by atoms with Crippen molar-refractivity contribution in [3.63, 3.8) is 0 Å². The van der Waals surface area contributed by atoms with E-state index in [1.54, 1.807) is 6.20 Å². The number of hydrogen-bond donors (Lipinski definition) is 0. The first-order chi connectivity index (χ1) is 7.90. The number of aromatic nitrogens is 2. The minimum absolute atomic E-state index is 0.512. The lowest BCUT2D eigenvalue weighted by molar-refractivity contribution is 0.227. The van der Waals surface area contributed by atoms with Crippen LogP contribution in [0.2, 0.25) is 0 Å². The largest absolute Gasteiger partial charge is 0.493 e. The van der Waals surface area contributed by atoms with Gasteiger partial charge < -0.3 is 9.47 Å². The highest BCUT2D eigenvalue weighted by Crippen LogP contribution is 2.40. The highest BCUT2D eigenvalue weighted by molar-refractivity contribution is 5.73. The van der Waals surface area contributed by atoms with E-state index >= 15 is 0 Å². The van der Waals surface area contributed by atoms with Crippen molar-refractivity contribution in [1.29, 1.82) is 0 Å². The molecule has 2 heterocycles. The number of imidazole rings is 1. The van der Waals surface area contributed by atoms with Crippen LogP contribution in [0.5, 0.6) is 11.5 Å². The summed E-state index contributed by atoms with van der Waals surface area (Å²) in [4.78, 5) is 4.34. The molecule has 0 N–H and O–H groups in total. The Kier molecular flexibility index (Phi) is 2.06. The quantitative estimate of drug-likeness (QED) is 0.772. The molecule has 0 spiro atoms. The van der Waals surface area contributed by atoms with E-state index < -0.39 is 0 Å². The zero-order chi connectivity index (χ0) is 11.0. The van der Waals surface area contributed by atoms with Crippen LogP contribution in [0.4, 0.5) is 0 Å². The average Bonchev–Trinajstić information content (AvgIpc) is 2.77. The summed E-state index contributed by atoms with van der Waals surface area (Å²) in [5.41, 5.74) is 0.945. The second-order valence-corrected chi connectivity index (χ2v) is 3.56. The highest BCUT2D eigenvalue weighted by atomic mass is 16.5. The number of rotatable bonds is 2. The molecule has 0 saturated heterocycles. The van der Waals surface area contributed by atoms with Crippen LogP contribution in [0.15, 0.2) is 30.6 Å². The van der Waals surface area contributed by atoms with Gasteiger partial charge in [-0.3, -0.25) is 4.57 Å². The summed E-state index contributed by atoms with van der Waals surface area (Å²) in [5, 5.41) is 0. The molecule has 0 unspecified atom stereocenters. The molecule has 2 aromatic rings. The van der Waals surface area contributed by atoms with Crippen molar-refractivity contribution in [3.05, 3.63) is 30.6 Å². The van der Waals surface area contributed by atoms with Crippen molar-refractivity contribution in [2.24, 2.45) is 0 Å². The standard InChI is InChI=1S/C12H12N2O2/c1-2-15-9-4-3-5-10-11(9)12-13-6-7-14(12)8-16-10/h3-7H,2,8H2,1H3. The molecule has 0 radical (unpaired) electrons. The van der Waals surface area contributed by atoms with Gasteiger partial charge in [0.05, 0.1) is 6.61 Å². The van der Waals surface area contributed by atoms with Crippen LogP contribution in [0.3, 0.4) is 0 Å². The molecule has 16 heavy (non-hydrogen) atoms. The first-order valence-electron chi connectivity index (χ1n) is 5.30. The number of hydrogen-bond acceptors (Lipinski definition) is 3. The molecule has 0 fully saturated rings. The van der Waals surface area contributed by atoms with Gasteiger partial charge in [0.15, 0.2) is 6.73 Å². The van der Waals surface area contributed by atoms with Gasteiger partial charge in [0, 0.05) is 12.4 Å². The Labute approximate surface area is 93.4 Å². The zero-order valence-electron chi connectivity index (χ0n) is 9.01. The molecule has 0 aliphatic carbocycles. The second kappa shape index (κ2) is 3.56. The first kappa shape index (κ1) is 9.27. The number of benzene rings is 1. The van der Waals surface area contributed by atoms with E-state index in [0.717, 1.165) is 22.9 Å². The molecule has 1 aliphatic heterocycles. The summed E-state index contributed by atoms with van der Waals surface area (Å²) in [6.07, 6.45) is 3.68. The van der Waals surface area contributed by atoms with Crippen molar-refractivity contribution in [1.82, 2.24) is 9.55 Å². The van der Waals surface area contributed by atoms with E-state index in [4.69, 9.17) is 9.47 Å². The lowest BCUT2D eigenvalue weighted by Crippen LogP contribution is -2.13. The Morgan fingerprint density at radius 1 is 1.50 bits per heavy atom. The summed E-state index contributed by atoms with van der Waals surface area (Å²) in [6, 6.07) is 5.81. The SMILES string of the molecule is CCOc1cccc2c1-c1nccn1CO2. The van der Waals surface area contributed by atoms with E-state index in [1.165, 1.54) is 0 Å². The van der Waals surface area contributed by atoms with Crippen LogP contribution < -0.4 is 9.47 Å². The van der Waals surface area contributed by atoms with E-state index in [0.29, 0.717) is 13.3 Å². The Bertz CT molecular complexity index is 519. The normalized spacial score (nSPS) is 12.6. The monoisotopic (exact) mass is 216 g/mol. The lowest BCUT2D eigenvalue weighted by Gasteiger charge is -2.21. The molecule has 0 bridgehead atoms. The highest BCUT2D eigenvalue weighted by Gasteiger charge is 2.21. The van der Waals surface area contributed by atoms with Gasteiger partial charge in [0.1, 0.15) is 22.9 Å². The van der Waals surface area contributed by atoms with Gasteiger partial charge >= 0.3 is 0 Å². The number of ether oxygens (including phenoxy) is 2. The fraction of sp³-hybridized carbons (Fsp3) is 0.250. The molecule has 0 amide bonds. The second-order valence-electron chi connectivity index (χ2n) is 3.56. The maximum Gasteiger partial charge on any atom is 0.166 e. The van der Waals surface area contributed by atoms with Crippen molar-refractivity contribution in [2.75, 3.05) is 6.61 Å². The Hall–Kier alpha value is -1.97. The van der Waals surface area contributed by atoms with Crippen LogP contribution in [-0.4, -0.2) is 16.2 Å². The number of fused-ring (bicyclic) bond motifs is 3. The molecular formula is C12H12N2O2. The Morgan fingerprint density at radius 3 is 3.31 bits per heavy atom. The summed E-state index contributed by atoms with van der Waals surface area (Å²) >= 11 is 0. The average molecular weight is 216 g/mol. The van der Waals surface area contributed by atoms with Crippen molar-refractivity contribution in [3.8, 4) is 22.9 Å². The molecule has 1 aromatic heterocycles. The molecule has 4 heteroatoms. The van der Waals surface area contributed by atoms with Gasteiger partial charge in [-0.1, -0.05) is 6.07 Å². The molecule has 1 aromatic carbocycles. The summed E-state index contributed by atoms with van der Waals surface area (Å²) in [5.74, 6) is 2.57. The molecule has 3 rings (SSSR count). The topological polar surface area (TPSA) is 36.3 Å². The summed E-state index contributed by atoms with van der Waals surface area (Å²) in [6.45, 7) is 3.12. The predicted octanol–water partition coefficient (Wildman–Crippen LogP) is 2.30.